The van der Waals surface area contributed by atoms with Gasteiger partial charge in [0.1, 0.15) is 18.2 Å². The molecular formula is C52H61N5O4Si. The van der Waals surface area contributed by atoms with Gasteiger partial charge in [-0.1, -0.05) is 119 Å². The standard InChI is InChI=1S/C52H61N5O4Si/c1-36-42-23-16-18-37-30-39(60-35-58-5)31-43(46(37)42)47-45(36)48-44(32-53-47)49(56-27-14-6-7-15-28-56)55-50(54-48)59-34-52-25-17-29-57(52)38(24-26-52)33-61-62(51(2,3)4,40-19-10-8-11-20-40)41-21-12-9-13-22-41/h8-13,16,18-23,30-32,36,38H,6-7,14-15,17,24-29,33-35H2,1-5H3/t36?,38-,52+/m0/s1. The van der Waals surface area contributed by atoms with Crippen molar-refractivity contribution in [3.05, 3.63) is 108 Å². The van der Waals surface area contributed by atoms with E-state index in [4.69, 9.17) is 33.6 Å². The van der Waals surface area contributed by atoms with Crippen molar-refractivity contribution in [2.24, 2.45) is 0 Å². The first kappa shape index (κ1) is 41.2. The number of ether oxygens (including phenoxy) is 3. The molecule has 6 aromatic rings. The van der Waals surface area contributed by atoms with Crippen LogP contribution in [-0.4, -0.2) is 86.5 Å². The van der Waals surface area contributed by atoms with Crippen LogP contribution in [0.2, 0.25) is 5.04 Å². The molecule has 4 aromatic carbocycles. The Morgan fingerprint density at radius 2 is 1.55 bits per heavy atom. The lowest BCUT2D eigenvalue weighted by molar-refractivity contribution is 0.0512. The minimum Gasteiger partial charge on any atom is -0.468 e. The van der Waals surface area contributed by atoms with E-state index in [0.29, 0.717) is 25.3 Å². The van der Waals surface area contributed by atoms with Gasteiger partial charge in [-0.05, 0) is 89.0 Å². The Bertz CT molecular complexity index is 2520. The Hall–Kier alpha value is -4.87. The summed E-state index contributed by atoms with van der Waals surface area (Å²) in [6.45, 7) is 13.8. The topological polar surface area (TPSA) is 82.1 Å². The number of rotatable bonds is 12. The molecule has 0 radical (unpaired) electrons. The second-order valence-electron chi connectivity index (χ2n) is 19.2. The van der Waals surface area contributed by atoms with Gasteiger partial charge in [0.25, 0.3) is 8.32 Å². The lowest BCUT2D eigenvalue weighted by Gasteiger charge is -2.44. The number of nitrogens with zero attached hydrogens (tertiary/aromatic N) is 5. The average molecular weight is 848 g/mol. The Kier molecular flexibility index (Phi) is 11.1. The summed E-state index contributed by atoms with van der Waals surface area (Å²) in [6.07, 6.45) is 11.2. The van der Waals surface area contributed by atoms with Crippen molar-refractivity contribution >= 4 is 46.2 Å². The Balaban J connectivity index is 0.992. The molecule has 62 heavy (non-hydrogen) atoms. The molecule has 1 aliphatic carbocycles. The smallest absolute Gasteiger partial charge is 0.319 e. The Morgan fingerprint density at radius 3 is 2.26 bits per heavy atom. The third-order valence-electron chi connectivity index (χ3n) is 14.5. The monoisotopic (exact) mass is 847 g/mol. The van der Waals surface area contributed by atoms with Crippen molar-refractivity contribution in [2.45, 2.75) is 102 Å². The van der Waals surface area contributed by atoms with Gasteiger partial charge in [0.2, 0.25) is 0 Å². The fourth-order valence-electron chi connectivity index (χ4n) is 11.6. The number of benzene rings is 4. The van der Waals surface area contributed by atoms with Crippen LogP contribution in [0.4, 0.5) is 5.82 Å². The zero-order chi connectivity index (χ0) is 42.5. The highest BCUT2D eigenvalue weighted by molar-refractivity contribution is 6.99. The molecule has 5 heterocycles. The molecule has 2 aromatic heterocycles. The number of aromatic nitrogens is 3. The van der Waals surface area contributed by atoms with E-state index in [-0.39, 0.29) is 23.3 Å². The fourth-order valence-corrected chi connectivity index (χ4v) is 16.2. The molecule has 3 atom stereocenters. The normalized spacial score (nSPS) is 21.5. The zero-order valence-corrected chi connectivity index (χ0v) is 38.2. The second-order valence-corrected chi connectivity index (χ2v) is 23.5. The van der Waals surface area contributed by atoms with Crippen molar-refractivity contribution in [1.29, 1.82) is 0 Å². The van der Waals surface area contributed by atoms with Crippen molar-refractivity contribution in [3.63, 3.8) is 0 Å². The highest BCUT2D eigenvalue weighted by Crippen LogP contribution is 2.49. The molecule has 0 spiro atoms. The molecular weight excluding hydrogens is 787 g/mol. The van der Waals surface area contributed by atoms with Crippen molar-refractivity contribution in [3.8, 4) is 23.0 Å². The van der Waals surface area contributed by atoms with Gasteiger partial charge in [0.15, 0.2) is 6.79 Å². The van der Waals surface area contributed by atoms with Gasteiger partial charge >= 0.3 is 6.01 Å². The number of hydrogen-bond acceptors (Lipinski definition) is 9. The molecule has 3 fully saturated rings. The molecule has 1 unspecified atom stereocenters. The number of fused-ring (bicyclic) bond motifs is 5. The first-order chi connectivity index (χ1) is 30.2. The Morgan fingerprint density at radius 1 is 0.806 bits per heavy atom. The van der Waals surface area contributed by atoms with Crippen LogP contribution in [0.5, 0.6) is 11.8 Å². The summed E-state index contributed by atoms with van der Waals surface area (Å²) in [5.74, 6) is 1.77. The van der Waals surface area contributed by atoms with E-state index in [2.05, 4.69) is 128 Å². The van der Waals surface area contributed by atoms with Gasteiger partial charge in [-0.15, -0.1) is 0 Å². The van der Waals surface area contributed by atoms with Crippen LogP contribution in [0.15, 0.2) is 97.2 Å². The quantitative estimate of drug-likeness (QED) is 0.0884. The summed E-state index contributed by atoms with van der Waals surface area (Å²) in [7, 11) is -1.02. The maximum atomic E-state index is 7.55. The van der Waals surface area contributed by atoms with E-state index in [0.717, 1.165) is 103 Å². The van der Waals surface area contributed by atoms with Crippen LogP contribution in [0.1, 0.15) is 96.1 Å². The second kappa shape index (κ2) is 16.7. The summed E-state index contributed by atoms with van der Waals surface area (Å²) < 4.78 is 25.9. The zero-order valence-electron chi connectivity index (χ0n) is 37.2. The molecule has 3 aliphatic heterocycles. The number of methoxy groups -OCH3 is 1. The van der Waals surface area contributed by atoms with Gasteiger partial charge in [0, 0.05) is 49.5 Å². The lowest BCUT2D eigenvalue weighted by atomic mass is 9.79. The molecule has 0 N–H and O–H groups in total. The van der Waals surface area contributed by atoms with Crippen LogP contribution in [0.25, 0.3) is 32.9 Å². The van der Waals surface area contributed by atoms with Gasteiger partial charge in [0.05, 0.1) is 28.7 Å². The number of anilines is 1. The highest BCUT2D eigenvalue weighted by Gasteiger charge is 2.54. The highest BCUT2D eigenvalue weighted by atomic mass is 28.4. The van der Waals surface area contributed by atoms with Gasteiger partial charge in [-0.3, -0.25) is 9.88 Å². The summed E-state index contributed by atoms with van der Waals surface area (Å²) in [4.78, 5) is 21.1. The predicted molar refractivity (Wildman–Crippen MR) is 252 cm³/mol. The van der Waals surface area contributed by atoms with Gasteiger partial charge in [-0.2, -0.15) is 9.97 Å². The summed E-state index contributed by atoms with van der Waals surface area (Å²) in [5.41, 5.74) is 5.25. The van der Waals surface area contributed by atoms with E-state index >= 15 is 0 Å². The maximum Gasteiger partial charge on any atom is 0.319 e. The SMILES string of the molecule is COCOc1cc2c3c(cccc3c1)C(C)c1c-2ncc2c(N3CCCCCC3)nc(OC[C@]34CCCN3[C@H](CO[Si](c3ccccc3)(c3ccccc3)C(C)(C)C)CC4)nc12. The summed E-state index contributed by atoms with van der Waals surface area (Å²) >= 11 is 0. The third-order valence-corrected chi connectivity index (χ3v) is 19.5. The van der Waals surface area contributed by atoms with Crippen LogP contribution in [0, 0.1) is 0 Å². The van der Waals surface area contributed by atoms with Crippen LogP contribution in [0.3, 0.4) is 0 Å². The van der Waals surface area contributed by atoms with E-state index in [1.54, 1.807) is 7.11 Å². The van der Waals surface area contributed by atoms with Crippen LogP contribution in [-0.2, 0) is 9.16 Å². The van der Waals surface area contributed by atoms with E-state index in [9.17, 15) is 0 Å². The molecule has 0 saturated carbocycles. The van der Waals surface area contributed by atoms with Crippen LogP contribution < -0.4 is 24.7 Å². The fraction of sp³-hybridized carbons (Fsp3) is 0.442. The average Bonchev–Trinajstić information content (AvgIpc) is 3.73. The maximum absolute atomic E-state index is 7.55. The Labute approximate surface area is 367 Å². The summed E-state index contributed by atoms with van der Waals surface area (Å²) in [5, 5.41) is 5.93. The number of hydrogen-bond donors (Lipinski definition) is 0. The van der Waals surface area contributed by atoms with E-state index < -0.39 is 8.32 Å². The molecule has 322 valence electrons. The third kappa shape index (κ3) is 7.07. The molecule has 10 rings (SSSR count). The lowest BCUT2D eigenvalue weighted by Crippen LogP contribution is -2.67. The van der Waals surface area contributed by atoms with E-state index in [1.807, 2.05) is 6.20 Å². The molecule has 4 aliphatic rings. The molecule has 9 nitrogen and oxygen atoms in total. The van der Waals surface area contributed by atoms with Crippen molar-refractivity contribution in [2.75, 3.05) is 51.7 Å². The minimum atomic E-state index is -2.67. The molecule has 10 heteroatoms. The summed E-state index contributed by atoms with van der Waals surface area (Å²) in [6, 6.07) is 33.6. The molecule has 0 amide bonds. The predicted octanol–water partition coefficient (Wildman–Crippen LogP) is 9.63. The van der Waals surface area contributed by atoms with Crippen LogP contribution >= 0.6 is 0 Å². The van der Waals surface area contributed by atoms with Crippen molar-refractivity contribution in [1.82, 2.24) is 19.9 Å². The molecule has 3 saturated heterocycles. The molecule has 0 bridgehead atoms. The van der Waals surface area contributed by atoms with Crippen molar-refractivity contribution < 1.29 is 18.6 Å². The van der Waals surface area contributed by atoms with E-state index in [1.165, 1.54) is 34.2 Å². The first-order valence-corrected chi connectivity index (χ1v) is 24.9. The van der Waals surface area contributed by atoms with Gasteiger partial charge in [-0.25, -0.2) is 0 Å². The van der Waals surface area contributed by atoms with Gasteiger partial charge < -0.3 is 23.5 Å². The first-order valence-electron chi connectivity index (χ1n) is 23.0. The minimum absolute atomic E-state index is 0.0675. The number of pyridine rings is 1. The largest absolute Gasteiger partial charge is 0.468 e.